The van der Waals surface area contributed by atoms with E-state index in [4.69, 9.17) is 4.74 Å². The molecule has 1 aromatic rings. The van der Waals surface area contributed by atoms with Gasteiger partial charge in [-0.25, -0.2) is 0 Å². The Balaban J connectivity index is 1.91. The maximum absolute atomic E-state index is 12.2. The van der Waals surface area contributed by atoms with Crippen molar-refractivity contribution in [3.63, 3.8) is 0 Å². The van der Waals surface area contributed by atoms with Crippen LogP contribution in [-0.4, -0.2) is 25.2 Å². The van der Waals surface area contributed by atoms with Crippen molar-refractivity contribution in [2.45, 2.75) is 37.3 Å². The minimum absolute atomic E-state index is 0.0617. The van der Waals surface area contributed by atoms with Crippen LogP contribution >= 0.6 is 0 Å². The van der Waals surface area contributed by atoms with Gasteiger partial charge in [-0.2, -0.15) is 0 Å². The van der Waals surface area contributed by atoms with Gasteiger partial charge in [-0.05, 0) is 30.4 Å². The van der Waals surface area contributed by atoms with E-state index in [-0.39, 0.29) is 23.8 Å². The van der Waals surface area contributed by atoms with Crippen molar-refractivity contribution < 1.29 is 9.53 Å². The maximum Gasteiger partial charge on any atom is 0.310 e. The number of hydrogen-bond acceptors (Lipinski definition) is 3. The highest BCUT2D eigenvalue weighted by atomic mass is 16.5. The fourth-order valence-corrected chi connectivity index (χ4v) is 3.74. The van der Waals surface area contributed by atoms with Gasteiger partial charge >= 0.3 is 5.97 Å². The zero-order valence-electron chi connectivity index (χ0n) is 11.8. The Morgan fingerprint density at radius 1 is 1.35 bits per heavy atom. The molecule has 106 valence electrons. The van der Waals surface area contributed by atoms with E-state index < -0.39 is 0 Å². The Morgan fingerprint density at radius 3 is 2.75 bits per heavy atom. The van der Waals surface area contributed by atoms with Crippen molar-refractivity contribution in [3.8, 4) is 0 Å². The van der Waals surface area contributed by atoms with E-state index in [1.165, 1.54) is 19.1 Å². The SMILES string of the molecule is C=Cc1ccc([C@H]2C[C@H]3CCC(N3)C2C(=O)OC)cc1. The van der Waals surface area contributed by atoms with Crippen LogP contribution in [0.1, 0.15) is 36.3 Å². The van der Waals surface area contributed by atoms with E-state index in [0.717, 1.165) is 18.4 Å². The molecule has 4 atom stereocenters. The second-order valence-electron chi connectivity index (χ2n) is 5.81. The van der Waals surface area contributed by atoms with Gasteiger partial charge in [-0.15, -0.1) is 0 Å². The summed E-state index contributed by atoms with van der Waals surface area (Å²) in [5, 5.41) is 3.56. The van der Waals surface area contributed by atoms with E-state index in [2.05, 4.69) is 36.2 Å². The first kappa shape index (κ1) is 13.4. The number of carbonyl (C=O) groups is 1. The average Bonchev–Trinajstić information content (AvgIpc) is 2.88. The third-order valence-electron chi connectivity index (χ3n) is 4.76. The van der Waals surface area contributed by atoms with Crippen molar-refractivity contribution in [1.29, 1.82) is 0 Å². The molecule has 2 saturated heterocycles. The van der Waals surface area contributed by atoms with Gasteiger partial charge in [0.25, 0.3) is 0 Å². The van der Waals surface area contributed by atoms with Gasteiger partial charge < -0.3 is 10.1 Å². The van der Waals surface area contributed by atoms with Crippen LogP contribution < -0.4 is 5.32 Å². The fraction of sp³-hybridized carbons (Fsp3) is 0.471. The van der Waals surface area contributed by atoms with Crippen LogP contribution in [0.15, 0.2) is 30.8 Å². The van der Waals surface area contributed by atoms with E-state index in [1.807, 2.05) is 6.08 Å². The molecule has 0 aromatic heterocycles. The topological polar surface area (TPSA) is 38.3 Å². The summed E-state index contributed by atoms with van der Waals surface area (Å²) in [7, 11) is 1.49. The lowest BCUT2D eigenvalue weighted by Gasteiger charge is -2.36. The largest absolute Gasteiger partial charge is 0.469 e. The summed E-state index contributed by atoms with van der Waals surface area (Å²) in [5.41, 5.74) is 2.35. The van der Waals surface area contributed by atoms with Gasteiger partial charge in [0.05, 0.1) is 13.0 Å². The first-order valence-electron chi connectivity index (χ1n) is 7.29. The Kier molecular flexibility index (Phi) is 3.62. The quantitative estimate of drug-likeness (QED) is 0.859. The zero-order chi connectivity index (χ0) is 14.1. The van der Waals surface area contributed by atoms with Crippen LogP contribution in [0, 0.1) is 5.92 Å². The molecule has 0 radical (unpaired) electrons. The number of hydrogen-bond donors (Lipinski definition) is 1. The van der Waals surface area contributed by atoms with Gasteiger partial charge in [-0.3, -0.25) is 4.79 Å². The molecule has 3 rings (SSSR count). The molecule has 1 aromatic carbocycles. The van der Waals surface area contributed by atoms with Crippen molar-refractivity contribution in [2.24, 2.45) is 5.92 Å². The number of methoxy groups -OCH3 is 1. The molecule has 1 N–H and O–H groups in total. The third kappa shape index (κ3) is 2.27. The summed E-state index contributed by atoms with van der Waals surface area (Å²) in [6, 6.07) is 9.21. The van der Waals surface area contributed by atoms with Gasteiger partial charge in [0.2, 0.25) is 0 Å². The van der Waals surface area contributed by atoms with Crippen LogP contribution in [0.25, 0.3) is 6.08 Å². The third-order valence-corrected chi connectivity index (χ3v) is 4.76. The molecule has 2 bridgehead atoms. The number of fused-ring (bicyclic) bond motifs is 2. The second-order valence-corrected chi connectivity index (χ2v) is 5.81. The second kappa shape index (κ2) is 5.41. The lowest BCUT2D eigenvalue weighted by molar-refractivity contribution is -0.148. The van der Waals surface area contributed by atoms with Crippen LogP contribution in [0.4, 0.5) is 0 Å². The van der Waals surface area contributed by atoms with Crippen molar-refractivity contribution >= 4 is 12.0 Å². The van der Waals surface area contributed by atoms with Crippen LogP contribution in [0.5, 0.6) is 0 Å². The van der Waals surface area contributed by atoms with Crippen molar-refractivity contribution in [1.82, 2.24) is 5.32 Å². The predicted molar refractivity (Wildman–Crippen MR) is 79.3 cm³/mol. The van der Waals surface area contributed by atoms with Crippen molar-refractivity contribution in [3.05, 3.63) is 42.0 Å². The highest BCUT2D eigenvalue weighted by Crippen LogP contribution is 2.42. The fourth-order valence-electron chi connectivity index (χ4n) is 3.74. The minimum atomic E-state index is -0.0827. The van der Waals surface area contributed by atoms with E-state index >= 15 is 0 Å². The molecular formula is C17H21NO2. The number of rotatable bonds is 3. The van der Waals surface area contributed by atoms with E-state index in [0.29, 0.717) is 6.04 Å². The van der Waals surface area contributed by atoms with Gasteiger partial charge in [0.15, 0.2) is 0 Å². The van der Waals surface area contributed by atoms with Crippen LogP contribution in [0.2, 0.25) is 0 Å². The van der Waals surface area contributed by atoms with E-state index in [9.17, 15) is 4.79 Å². The molecule has 3 nitrogen and oxygen atoms in total. The number of esters is 1. The highest BCUT2D eigenvalue weighted by molar-refractivity contribution is 5.75. The maximum atomic E-state index is 12.2. The van der Waals surface area contributed by atoms with Gasteiger partial charge in [0, 0.05) is 18.0 Å². The summed E-state index contributed by atoms with van der Waals surface area (Å²) in [6.07, 6.45) is 5.10. The van der Waals surface area contributed by atoms with Crippen LogP contribution in [-0.2, 0) is 9.53 Å². The molecule has 2 aliphatic rings. The molecule has 20 heavy (non-hydrogen) atoms. The Hall–Kier alpha value is -1.61. The molecule has 0 aliphatic carbocycles. The summed E-state index contributed by atoms with van der Waals surface area (Å²) < 4.78 is 5.04. The zero-order valence-corrected chi connectivity index (χ0v) is 11.8. The predicted octanol–water partition coefficient (Wildman–Crippen LogP) is 2.73. The minimum Gasteiger partial charge on any atom is -0.469 e. The molecular weight excluding hydrogens is 250 g/mol. The molecule has 0 amide bonds. The Labute approximate surface area is 120 Å². The summed E-state index contributed by atoms with van der Waals surface area (Å²) in [5.74, 6) is 0.119. The van der Waals surface area contributed by atoms with Crippen LogP contribution in [0.3, 0.4) is 0 Å². The van der Waals surface area contributed by atoms with Gasteiger partial charge in [0.1, 0.15) is 0 Å². The average molecular weight is 271 g/mol. The number of piperidine rings is 1. The lowest BCUT2D eigenvalue weighted by Crippen LogP contribution is -2.48. The molecule has 3 heteroatoms. The highest BCUT2D eigenvalue weighted by Gasteiger charge is 2.46. The monoisotopic (exact) mass is 271 g/mol. The Bertz CT molecular complexity index is 508. The standard InChI is InChI=1S/C17H21NO2/c1-3-11-4-6-12(7-5-11)14-10-13-8-9-15(18-13)16(14)17(19)20-2/h3-7,13-16,18H,1,8-10H2,2H3/t13-,14-,15?,16?/m1/s1. The first-order valence-corrected chi connectivity index (χ1v) is 7.29. The number of benzene rings is 1. The molecule has 0 spiro atoms. The molecule has 2 heterocycles. The lowest BCUT2D eigenvalue weighted by atomic mass is 9.77. The smallest absolute Gasteiger partial charge is 0.310 e. The number of nitrogens with one attached hydrogen (secondary N) is 1. The molecule has 2 fully saturated rings. The number of carbonyl (C=O) groups excluding carboxylic acids is 1. The summed E-state index contributed by atoms with van der Waals surface area (Å²) in [6.45, 7) is 3.78. The summed E-state index contributed by atoms with van der Waals surface area (Å²) >= 11 is 0. The van der Waals surface area contributed by atoms with E-state index in [1.54, 1.807) is 0 Å². The summed E-state index contributed by atoms with van der Waals surface area (Å²) in [4.78, 5) is 12.2. The Morgan fingerprint density at radius 2 is 2.10 bits per heavy atom. The molecule has 0 saturated carbocycles. The molecule has 2 unspecified atom stereocenters. The first-order chi connectivity index (χ1) is 9.72. The van der Waals surface area contributed by atoms with Gasteiger partial charge in [-0.1, -0.05) is 36.9 Å². The normalized spacial score (nSPS) is 31.9. The van der Waals surface area contributed by atoms with Crippen molar-refractivity contribution in [2.75, 3.05) is 7.11 Å². The number of ether oxygens (including phenoxy) is 1. The molecule has 2 aliphatic heterocycles.